The van der Waals surface area contributed by atoms with Crippen LogP contribution in [0.2, 0.25) is 0 Å². The van der Waals surface area contributed by atoms with Crippen molar-refractivity contribution in [3.8, 4) is 0 Å². The zero-order chi connectivity index (χ0) is 10.6. The smallest absolute Gasteiger partial charge is 0.0636 e. The first-order chi connectivity index (χ1) is 6.59. The van der Waals surface area contributed by atoms with Gasteiger partial charge in [0.25, 0.3) is 0 Å². The monoisotopic (exact) mass is 193 g/mol. The molecule has 0 aliphatic rings. The lowest BCUT2D eigenvalue weighted by Crippen LogP contribution is -2.27. The summed E-state index contributed by atoms with van der Waals surface area (Å²) in [5, 5.41) is 12.4. The van der Waals surface area contributed by atoms with E-state index in [9.17, 15) is 0 Å². The van der Waals surface area contributed by atoms with Crippen LogP contribution in [0.25, 0.3) is 0 Å². The minimum atomic E-state index is -0.289. The SMILES string of the molecule is Cc1ccc(C(C)NC[C@@H](C)O)cc1. The van der Waals surface area contributed by atoms with Crippen LogP contribution in [0.15, 0.2) is 24.3 Å². The molecule has 0 amide bonds. The molecule has 0 radical (unpaired) electrons. The van der Waals surface area contributed by atoms with Crippen molar-refractivity contribution < 1.29 is 5.11 Å². The third kappa shape index (κ3) is 3.48. The summed E-state index contributed by atoms with van der Waals surface area (Å²) in [6.45, 7) is 6.61. The molecule has 2 atom stereocenters. The van der Waals surface area contributed by atoms with E-state index in [0.717, 1.165) is 0 Å². The number of nitrogens with one attached hydrogen (secondary N) is 1. The Morgan fingerprint density at radius 1 is 1.21 bits per heavy atom. The molecule has 2 nitrogen and oxygen atoms in total. The topological polar surface area (TPSA) is 32.3 Å². The van der Waals surface area contributed by atoms with Gasteiger partial charge in [-0.1, -0.05) is 29.8 Å². The maximum Gasteiger partial charge on any atom is 0.0636 e. The predicted octanol–water partition coefficient (Wildman–Crippen LogP) is 2.03. The van der Waals surface area contributed by atoms with Crippen LogP contribution in [0.4, 0.5) is 0 Å². The highest BCUT2D eigenvalue weighted by molar-refractivity contribution is 5.23. The molecule has 0 heterocycles. The summed E-state index contributed by atoms with van der Waals surface area (Å²) in [4.78, 5) is 0. The fourth-order valence-corrected chi connectivity index (χ4v) is 1.32. The summed E-state index contributed by atoms with van der Waals surface area (Å²) >= 11 is 0. The minimum absolute atomic E-state index is 0.289. The highest BCUT2D eigenvalue weighted by Gasteiger charge is 2.04. The summed E-state index contributed by atoms with van der Waals surface area (Å²) in [6, 6.07) is 8.75. The molecule has 1 unspecified atom stereocenters. The summed E-state index contributed by atoms with van der Waals surface area (Å²) in [5.74, 6) is 0. The molecule has 0 saturated heterocycles. The molecule has 78 valence electrons. The van der Waals surface area contributed by atoms with Crippen molar-refractivity contribution in [3.05, 3.63) is 35.4 Å². The van der Waals surface area contributed by atoms with Gasteiger partial charge in [0, 0.05) is 12.6 Å². The van der Waals surface area contributed by atoms with Gasteiger partial charge in [0.05, 0.1) is 6.10 Å². The van der Waals surface area contributed by atoms with Crippen molar-refractivity contribution in [2.24, 2.45) is 0 Å². The Morgan fingerprint density at radius 2 is 1.79 bits per heavy atom. The third-order valence-electron chi connectivity index (χ3n) is 2.30. The molecule has 0 fully saturated rings. The molecular formula is C12H19NO. The number of aryl methyl sites for hydroxylation is 1. The number of aliphatic hydroxyl groups is 1. The van der Waals surface area contributed by atoms with Crippen LogP contribution in [0.1, 0.15) is 31.0 Å². The molecule has 1 rings (SSSR count). The second kappa shape index (κ2) is 5.13. The van der Waals surface area contributed by atoms with E-state index in [2.05, 4.69) is 43.4 Å². The first-order valence-electron chi connectivity index (χ1n) is 5.07. The fraction of sp³-hybridized carbons (Fsp3) is 0.500. The van der Waals surface area contributed by atoms with E-state index in [1.165, 1.54) is 11.1 Å². The zero-order valence-corrected chi connectivity index (χ0v) is 9.12. The Labute approximate surface area is 86.0 Å². The maximum absolute atomic E-state index is 9.13. The molecule has 0 aromatic heterocycles. The number of rotatable bonds is 4. The van der Waals surface area contributed by atoms with Crippen molar-refractivity contribution in [3.63, 3.8) is 0 Å². The maximum atomic E-state index is 9.13. The van der Waals surface area contributed by atoms with Crippen LogP contribution in [-0.2, 0) is 0 Å². The van der Waals surface area contributed by atoms with Crippen molar-refractivity contribution >= 4 is 0 Å². The Morgan fingerprint density at radius 3 is 2.29 bits per heavy atom. The van der Waals surface area contributed by atoms with Gasteiger partial charge in [-0.25, -0.2) is 0 Å². The van der Waals surface area contributed by atoms with Gasteiger partial charge < -0.3 is 10.4 Å². The summed E-state index contributed by atoms with van der Waals surface area (Å²) in [7, 11) is 0. The van der Waals surface area contributed by atoms with Gasteiger partial charge >= 0.3 is 0 Å². The van der Waals surface area contributed by atoms with E-state index in [4.69, 9.17) is 5.11 Å². The second-order valence-electron chi connectivity index (χ2n) is 3.89. The molecule has 2 N–H and O–H groups in total. The lowest BCUT2D eigenvalue weighted by Gasteiger charge is -2.15. The molecule has 2 heteroatoms. The second-order valence-corrected chi connectivity index (χ2v) is 3.89. The molecule has 0 saturated carbocycles. The first-order valence-corrected chi connectivity index (χ1v) is 5.07. The van der Waals surface area contributed by atoms with Crippen LogP contribution in [0.3, 0.4) is 0 Å². The van der Waals surface area contributed by atoms with E-state index in [1.807, 2.05) is 0 Å². The largest absolute Gasteiger partial charge is 0.392 e. The fourth-order valence-electron chi connectivity index (χ4n) is 1.32. The molecule has 14 heavy (non-hydrogen) atoms. The number of hydrogen-bond donors (Lipinski definition) is 2. The van der Waals surface area contributed by atoms with E-state index >= 15 is 0 Å². The lowest BCUT2D eigenvalue weighted by molar-refractivity contribution is 0.187. The lowest BCUT2D eigenvalue weighted by atomic mass is 10.1. The van der Waals surface area contributed by atoms with Crippen molar-refractivity contribution in [1.29, 1.82) is 0 Å². The number of aliphatic hydroxyl groups excluding tert-OH is 1. The minimum Gasteiger partial charge on any atom is -0.392 e. The van der Waals surface area contributed by atoms with Gasteiger partial charge in [0.2, 0.25) is 0 Å². The normalized spacial score (nSPS) is 15.1. The predicted molar refractivity (Wildman–Crippen MR) is 59.3 cm³/mol. The van der Waals surface area contributed by atoms with Crippen LogP contribution in [0, 0.1) is 6.92 Å². The average molecular weight is 193 g/mol. The first kappa shape index (κ1) is 11.2. The molecular weight excluding hydrogens is 174 g/mol. The van der Waals surface area contributed by atoms with Gasteiger partial charge in [-0.2, -0.15) is 0 Å². The van der Waals surface area contributed by atoms with E-state index in [1.54, 1.807) is 6.92 Å². The van der Waals surface area contributed by atoms with E-state index < -0.39 is 0 Å². The summed E-state index contributed by atoms with van der Waals surface area (Å²) in [5.41, 5.74) is 2.53. The molecule has 0 spiro atoms. The quantitative estimate of drug-likeness (QED) is 0.767. The van der Waals surface area contributed by atoms with Gasteiger partial charge in [-0.3, -0.25) is 0 Å². The van der Waals surface area contributed by atoms with E-state index in [-0.39, 0.29) is 6.10 Å². The molecule has 1 aromatic rings. The Bertz CT molecular complexity index is 266. The van der Waals surface area contributed by atoms with Gasteiger partial charge in [-0.15, -0.1) is 0 Å². The van der Waals surface area contributed by atoms with Crippen LogP contribution in [0.5, 0.6) is 0 Å². The molecule has 0 aliphatic carbocycles. The highest BCUT2D eigenvalue weighted by atomic mass is 16.3. The summed E-state index contributed by atoms with van der Waals surface area (Å²) < 4.78 is 0. The molecule has 0 aliphatic heterocycles. The number of benzene rings is 1. The van der Waals surface area contributed by atoms with Crippen molar-refractivity contribution in [2.75, 3.05) is 6.54 Å². The van der Waals surface area contributed by atoms with Gasteiger partial charge in [-0.05, 0) is 26.3 Å². The Balaban J connectivity index is 2.52. The van der Waals surface area contributed by atoms with E-state index in [0.29, 0.717) is 12.6 Å². The number of hydrogen-bond acceptors (Lipinski definition) is 2. The Kier molecular flexibility index (Phi) is 4.11. The summed E-state index contributed by atoms with van der Waals surface area (Å²) in [6.07, 6.45) is -0.289. The van der Waals surface area contributed by atoms with Gasteiger partial charge in [0.1, 0.15) is 0 Å². The van der Waals surface area contributed by atoms with Crippen molar-refractivity contribution in [1.82, 2.24) is 5.32 Å². The zero-order valence-electron chi connectivity index (χ0n) is 9.12. The van der Waals surface area contributed by atoms with Gasteiger partial charge in [0.15, 0.2) is 0 Å². The Hall–Kier alpha value is -0.860. The van der Waals surface area contributed by atoms with Crippen molar-refractivity contribution in [2.45, 2.75) is 32.9 Å². The van der Waals surface area contributed by atoms with Crippen LogP contribution >= 0.6 is 0 Å². The third-order valence-corrected chi connectivity index (χ3v) is 2.30. The average Bonchev–Trinajstić information content (AvgIpc) is 2.15. The van der Waals surface area contributed by atoms with Crippen LogP contribution < -0.4 is 5.32 Å². The highest BCUT2D eigenvalue weighted by Crippen LogP contribution is 2.12. The molecule has 1 aromatic carbocycles. The van der Waals surface area contributed by atoms with Crippen LogP contribution in [-0.4, -0.2) is 17.8 Å². The molecule has 0 bridgehead atoms. The standard InChI is InChI=1S/C12H19NO/c1-9-4-6-12(7-5-9)11(3)13-8-10(2)14/h4-7,10-11,13-14H,8H2,1-3H3/t10-,11?/m1/s1.